The van der Waals surface area contributed by atoms with Crippen molar-refractivity contribution < 1.29 is 0 Å². The predicted molar refractivity (Wildman–Crippen MR) is 172 cm³/mol. The van der Waals surface area contributed by atoms with Gasteiger partial charge in [-0.25, -0.2) is 0 Å². The Morgan fingerprint density at radius 1 is 0.342 bits per heavy atom. The Kier molecular flexibility index (Phi) is 18.0. The van der Waals surface area contributed by atoms with Crippen LogP contribution in [0.15, 0.2) is 0 Å². The van der Waals surface area contributed by atoms with Gasteiger partial charge in [-0.05, 0) is 117 Å². The molecule has 3 aliphatic rings. The maximum Gasteiger partial charge on any atom is 0.0121 e. The van der Waals surface area contributed by atoms with E-state index in [2.05, 4.69) is 97.8 Å². The second-order valence-electron chi connectivity index (χ2n) is 14.6. The first-order chi connectivity index (χ1) is 17.9. The summed E-state index contributed by atoms with van der Waals surface area (Å²) in [6.45, 7) is 32.1. The van der Waals surface area contributed by atoms with Crippen LogP contribution in [0.25, 0.3) is 0 Å². The quantitative estimate of drug-likeness (QED) is 0.335. The van der Waals surface area contributed by atoms with Crippen molar-refractivity contribution in [2.75, 3.05) is 19.6 Å². The van der Waals surface area contributed by atoms with Gasteiger partial charge in [0.2, 0.25) is 0 Å². The van der Waals surface area contributed by atoms with E-state index in [0.29, 0.717) is 0 Å². The number of piperidine rings is 1. The van der Waals surface area contributed by atoms with Crippen LogP contribution in [0.3, 0.4) is 0 Å². The van der Waals surface area contributed by atoms with Gasteiger partial charge in [-0.15, -0.1) is 0 Å². The number of hydrogen-bond acceptors (Lipinski definition) is 3. The van der Waals surface area contributed by atoms with Gasteiger partial charge in [0.15, 0.2) is 0 Å². The molecule has 3 unspecified atom stereocenters. The van der Waals surface area contributed by atoms with E-state index in [-0.39, 0.29) is 0 Å². The third-order valence-corrected chi connectivity index (χ3v) is 9.58. The van der Waals surface area contributed by atoms with Crippen LogP contribution in [0, 0.1) is 17.8 Å². The Morgan fingerprint density at radius 3 is 0.816 bits per heavy atom. The maximum atomic E-state index is 2.71. The Labute approximate surface area is 241 Å². The lowest BCUT2D eigenvalue weighted by molar-refractivity contribution is 0.0808. The summed E-state index contributed by atoms with van der Waals surface area (Å²) in [5, 5.41) is 0. The van der Waals surface area contributed by atoms with Crippen LogP contribution in [-0.4, -0.2) is 70.6 Å². The van der Waals surface area contributed by atoms with Crippen molar-refractivity contribution in [3.05, 3.63) is 0 Å². The zero-order valence-corrected chi connectivity index (χ0v) is 28.4. The molecule has 0 bridgehead atoms. The van der Waals surface area contributed by atoms with Crippen molar-refractivity contribution in [3.63, 3.8) is 0 Å². The molecule has 0 aromatic rings. The Balaban J connectivity index is 0.000000285. The molecule has 3 saturated heterocycles. The lowest BCUT2D eigenvalue weighted by Gasteiger charge is -2.40. The van der Waals surface area contributed by atoms with E-state index >= 15 is 0 Å². The molecule has 228 valence electrons. The Bertz CT molecular complexity index is 486. The highest BCUT2D eigenvalue weighted by Gasteiger charge is 2.27. The van der Waals surface area contributed by atoms with E-state index in [1.807, 2.05) is 0 Å². The highest BCUT2D eigenvalue weighted by Crippen LogP contribution is 2.26. The van der Waals surface area contributed by atoms with Crippen LogP contribution < -0.4 is 0 Å². The van der Waals surface area contributed by atoms with E-state index < -0.39 is 0 Å². The fourth-order valence-corrected chi connectivity index (χ4v) is 7.36. The molecule has 3 nitrogen and oxygen atoms in total. The molecule has 0 amide bonds. The van der Waals surface area contributed by atoms with E-state index in [1.165, 1.54) is 90.3 Å². The minimum absolute atomic E-state index is 0.727. The van der Waals surface area contributed by atoms with E-state index in [9.17, 15) is 0 Å². The molecule has 3 rings (SSSR count). The fourth-order valence-electron chi connectivity index (χ4n) is 7.36. The molecule has 3 heterocycles. The SMILES string of the molecule is CC(C)C1CCCCCN1C(C)C.CC(C)C1CCCCCN1C(C)C.CC(C)C1CCCCN1C(C)C. The highest BCUT2D eigenvalue weighted by molar-refractivity contribution is 4.82. The molecule has 3 aliphatic heterocycles. The van der Waals surface area contributed by atoms with Crippen molar-refractivity contribution in [2.24, 2.45) is 17.8 Å². The van der Waals surface area contributed by atoms with Crippen LogP contribution >= 0.6 is 0 Å². The number of rotatable bonds is 6. The molecule has 3 atom stereocenters. The molecule has 38 heavy (non-hydrogen) atoms. The predicted octanol–water partition coefficient (Wildman–Crippen LogP) is 9.50. The minimum atomic E-state index is 0.727. The maximum absolute atomic E-state index is 2.71. The van der Waals surface area contributed by atoms with Crippen LogP contribution in [0.1, 0.15) is 154 Å². The van der Waals surface area contributed by atoms with Gasteiger partial charge in [-0.2, -0.15) is 0 Å². The van der Waals surface area contributed by atoms with Crippen LogP contribution in [0.4, 0.5) is 0 Å². The van der Waals surface area contributed by atoms with Crippen molar-refractivity contribution in [2.45, 2.75) is 190 Å². The summed E-state index contributed by atoms with van der Waals surface area (Å²) in [4.78, 5) is 8.09. The second kappa shape index (κ2) is 19.1. The summed E-state index contributed by atoms with van der Waals surface area (Å²) < 4.78 is 0. The van der Waals surface area contributed by atoms with Gasteiger partial charge < -0.3 is 0 Å². The first-order valence-electron chi connectivity index (χ1n) is 17.2. The normalized spacial score (nSPS) is 26.8. The summed E-state index contributed by atoms with van der Waals surface area (Å²) in [6.07, 6.45) is 15.6. The molecule has 3 heteroatoms. The molecule has 0 saturated carbocycles. The van der Waals surface area contributed by atoms with Gasteiger partial charge in [-0.3, -0.25) is 14.7 Å². The first kappa shape index (κ1) is 35.9. The highest BCUT2D eigenvalue weighted by atomic mass is 15.2. The van der Waals surface area contributed by atoms with Crippen LogP contribution in [0.2, 0.25) is 0 Å². The average molecular weight is 536 g/mol. The average Bonchev–Trinajstić information content (AvgIpc) is 3.26. The molecule has 0 aromatic heterocycles. The lowest BCUT2D eigenvalue weighted by Crippen LogP contribution is -2.46. The van der Waals surface area contributed by atoms with E-state index in [0.717, 1.165) is 54.0 Å². The van der Waals surface area contributed by atoms with Crippen molar-refractivity contribution in [3.8, 4) is 0 Å². The summed E-state index contributed by atoms with van der Waals surface area (Å²) in [5.74, 6) is 2.47. The van der Waals surface area contributed by atoms with Crippen LogP contribution in [-0.2, 0) is 0 Å². The zero-order chi connectivity index (χ0) is 28.8. The molecule has 0 radical (unpaired) electrons. The molecule has 0 N–H and O–H groups in total. The van der Waals surface area contributed by atoms with E-state index in [4.69, 9.17) is 0 Å². The van der Waals surface area contributed by atoms with E-state index in [1.54, 1.807) is 0 Å². The number of likely N-dealkylation sites (tertiary alicyclic amines) is 3. The molecular weight excluding hydrogens is 462 g/mol. The molecule has 0 spiro atoms. The van der Waals surface area contributed by atoms with Crippen LogP contribution in [0.5, 0.6) is 0 Å². The van der Waals surface area contributed by atoms with Gasteiger partial charge in [0, 0.05) is 36.3 Å². The second-order valence-corrected chi connectivity index (χ2v) is 14.6. The lowest BCUT2D eigenvalue weighted by atomic mass is 9.92. The van der Waals surface area contributed by atoms with Gasteiger partial charge in [-0.1, -0.05) is 73.6 Å². The topological polar surface area (TPSA) is 9.72 Å². The summed E-state index contributed by atoms with van der Waals surface area (Å²) in [6, 6.07) is 4.71. The van der Waals surface area contributed by atoms with Crippen molar-refractivity contribution in [1.29, 1.82) is 0 Å². The third-order valence-electron chi connectivity index (χ3n) is 9.58. The standard InChI is InChI=1S/2C12H25N.C11H23N/c2*1-10(2)12-8-6-5-7-9-13(12)11(3)4;1-9(2)11-7-5-6-8-12(11)10(3)4/h2*10-12H,5-9H2,1-4H3;9-11H,5-8H2,1-4H3. The third kappa shape index (κ3) is 12.6. The Hall–Kier alpha value is -0.120. The van der Waals surface area contributed by atoms with Gasteiger partial charge in [0.05, 0.1) is 0 Å². The fraction of sp³-hybridized carbons (Fsp3) is 1.00. The van der Waals surface area contributed by atoms with Gasteiger partial charge in [0.25, 0.3) is 0 Å². The molecule has 0 aromatic carbocycles. The molecule has 3 fully saturated rings. The zero-order valence-electron chi connectivity index (χ0n) is 28.4. The largest absolute Gasteiger partial charge is 0.298 e. The molecular formula is C35H73N3. The summed E-state index contributed by atoms with van der Waals surface area (Å²) >= 11 is 0. The summed E-state index contributed by atoms with van der Waals surface area (Å²) in [5.41, 5.74) is 0. The number of hydrogen-bond donors (Lipinski definition) is 0. The van der Waals surface area contributed by atoms with Gasteiger partial charge >= 0.3 is 0 Å². The van der Waals surface area contributed by atoms with Crippen molar-refractivity contribution >= 4 is 0 Å². The van der Waals surface area contributed by atoms with Crippen molar-refractivity contribution in [1.82, 2.24) is 14.7 Å². The Morgan fingerprint density at radius 2 is 0.579 bits per heavy atom. The minimum Gasteiger partial charge on any atom is -0.298 e. The first-order valence-corrected chi connectivity index (χ1v) is 17.2. The number of nitrogens with zero attached hydrogens (tertiary/aromatic N) is 3. The monoisotopic (exact) mass is 536 g/mol. The smallest absolute Gasteiger partial charge is 0.0121 e. The van der Waals surface area contributed by atoms with Gasteiger partial charge in [0.1, 0.15) is 0 Å². The molecule has 0 aliphatic carbocycles. The summed E-state index contributed by atoms with van der Waals surface area (Å²) in [7, 11) is 0.